The van der Waals surface area contributed by atoms with Gasteiger partial charge in [0.15, 0.2) is 0 Å². The first-order valence-electron chi connectivity index (χ1n) is 5.96. The second-order valence-corrected chi connectivity index (χ2v) is 5.90. The van der Waals surface area contributed by atoms with Crippen molar-refractivity contribution in [3.05, 3.63) is 68.2 Å². The normalized spacial score (nSPS) is 12.5. The van der Waals surface area contributed by atoms with E-state index in [9.17, 15) is 13.9 Å². The van der Waals surface area contributed by atoms with Crippen LogP contribution in [0.15, 0.2) is 34.8 Å². The van der Waals surface area contributed by atoms with Gasteiger partial charge >= 0.3 is 0 Å². The summed E-state index contributed by atoms with van der Waals surface area (Å²) in [6.07, 6.45) is -0.915. The number of hydrogen-bond acceptors (Lipinski definition) is 1. The number of halogens is 4. The van der Waals surface area contributed by atoms with E-state index in [0.717, 1.165) is 10.5 Å². The lowest BCUT2D eigenvalue weighted by atomic mass is 9.99. The van der Waals surface area contributed by atoms with Gasteiger partial charge in [-0.3, -0.25) is 0 Å². The molecule has 1 unspecified atom stereocenters. The third kappa shape index (κ3) is 3.37. The van der Waals surface area contributed by atoms with Crippen molar-refractivity contribution >= 4 is 27.5 Å². The number of benzene rings is 2. The molecular formula is C15H12BrClF2O. The monoisotopic (exact) mass is 360 g/mol. The maximum atomic E-state index is 13.7. The summed E-state index contributed by atoms with van der Waals surface area (Å²) >= 11 is 9.35. The Morgan fingerprint density at radius 2 is 1.90 bits per heavy atom. The number of aliphatic hydroxyl groups is 1. The van der Waals surface area contributed by atoms with E-state index >= 15 is 0 Å². The topological polar surface area (TPSA) is 20.2 Å². The van der Waals surface area contributed by atoms with Crippen molar-refractivity contribution in [3.8, 4) is 0 Å². The Labute approximate surface area is 129 Å². The Bertz CT molecular complexity index is 646. The summed E-state index contributed by atoms with van der Waals surface area (Å²) in [7, 11) is 0. The van der Waals surface area contributed by atoms with Gasteiger partial charge in [0.25, 0.3) is 0 Å². The van der Waals surface area contributed by atoms with E-state index in [4.69, 9.17) is 11.6 Å². The van der Waals surface area contributed by atoms with Gasteiger partial charge in [-0.15, -0.1) is 0 Å². The molecule has 0 radical (unpaired) electrons. The number of hydrogen-bond donors (Lipinski definition) is 1. The van der Waals surface area contributed by atoms with Crippen molar-refractivity contribution in [3.63, 3.8) is 0 Å². The zero-order chi connectivity index (χ0) is 14.9. The predicted octanol–water partition coefficient (Wildman–Crippen LogP) is 4.97. The van der Waals surface area contributed by atoms with E-state index in [2.05, 4.69) is 15.9 Å². The van der Waals surface area contributed by atoms with Crippen LogP contribution < -0.4 is 0 Å². The van der Waals surface area contributed by atoms with E-state index in [-0.39, 0.29) is 12.0 Å². The molecule has 0 fully saturated rings. The maximum Gasteiger partial charge on any atom is 0.131 e. The van der Waals surface area contributed by atoms with E-state index in [0.29, 0.717) is 16.1 Å². The van der Waals surface area contributed by atoms with Crippen molar-refractivity contribution in [1.29, 1.82) is 0 Å². The average molecular weight is 362 g/mol. The molecule has 0 aliphatic carbocycles. The number of aryl methyl sites for hydroxylation is 1. The fourth-order valence-electron chi connectivity index (χ4n) is 1.94. The molecule has 20 heavy (non-hydrogen) atoms. The van der Waals surface area contributed by atoms with Gasteiger partial charge in [0, 0.05) is 27.5 Å². The highest BCUT2D eigenvalue weighted by Crippen LogP contribution is 2.28. The predicted molar refractivity (Wildman–Crippen MR) is 78.9 cm³/mol. The summed E-state index contributed by atoms with van der Waals surface area (Å²) in [6, 6.07) is 7.36. The largest absolute Gasteiger partial charge is 0.388 e. The van der Waals surface area contributed by atoms with Gasteiger partial charge in [-0.25, -0.2) is 8.78 Å². The lowest BCUT2D eigenvalue weighted by molar-refractivity contribution is 0.173. The molecule has 0 aliphatic rings. The van der Waals surface area contributed by atoms with Crippen molar-refractivity contribution in [2.45, 2.75) is 19.4 Å². The fourth-order valence-corrected chi connectivity index (χ4v) is 2.69. The molecule has 0 saturated heterocycles. The Morgan fingerprint density at radius 3 is 2.55 bits per heavy atom. The molecule has 0 heterocycles. The summed E-state index contributed by atoms with van der Waals surface area (Å²) in [5, 5.41) is 10.6. The van der Waals surface area contributed by atoms with Crippen LogP contribution in [0.25, 0.3) is 0 Å². The molecular weight excluding hydrogens is 350 g/mol. The molecule has 0 amide bonds. The zero-order valence-corrected chi connectivity index (χ0v) is 13.0. The summed E-state index contributed by atoms with van der Waals surface area (Å²) in [6.45, 7) is 1.53. The Morgan fingerprint density at radius 1 is 1.20 bits per heavy atom. The molecule has 0 aliphatic heterocycles. The molecule has 1 nitrogen and oxygen atoms in total. The molecule has 0 aromatic heterocycles. The third-order valence-corrected chi connectivity index (χ3v) is 3.91. The van der Waals surface area contributed by atoms with Crippen molar-refractivity contribution < 1.29 is 13.9 Å². The smallest absolute Gasteiger partial charge is 0.131 e. The second-order valence-electron chi connectivity index (χ2n) is 4.58. The van der Waals surface area contributed by atoms with E-state index in [1.165, 1.54) is 13.0 Å². The standard InChI is InChI=1S/C15H12BrClF2O/c1-8-4-11(14(19)7-13(8)18)15(20)5-9-2-3-10(16)6-12(9)17/h2-4,6-7,15,20H,5H2,1H3. The summed E-state index contributed by atoms with van der Waals surface area (Å²) < 4.78 is 27.7. The lowest BCUT2D eigenvalue weighted by Gasteiger charge is -2.14. The minimum atomic E-state index is -1.08. The first-order chi connectivity index (χ1) is 9.38. The Hall–Kier alpha value is -0.970. The van der Waals surface area contributed by atoms with Crippen LogP contribution >= 0.6 is 27.5 Å². The summed E-state index contributed by atoms with van der Waals surface area (Å²) in [5.41, 5.74) is 1.06. The zero-order valence-electron chi connectivity index (χ0n) is 10.6. The lowest BCUT2D eigenvalue weighted by Crippen LogP contribution is -2.06. The van der Waals surface area contributed by atoms with Crippen LogP contribution in [0, 0.1) is 18.6 Å². The molecule has 0 saturated carbocycles. The van der Waals surface area contributed by atoms with Crippen LogP contribution in [0.4, 0.5) is 8.78 Å². The van der Waals surface area contributed by atoms with Gasteiger partial charge in [-0.05, 0) is 36.2 Å². The van der Waals surface area contributed by atoms with Gasteiger partial charge in [0.05, 0.1) is 6.10 Å². The van der Waals surface area contributed by atoms with Gasteiger partial charge in [-0.1, -0.05) is 33.6 Å². The number of rotatable bonds is 3. The van der Waals surface area contributed by atoms with E-state index < -0.39 is 17.7 Å². The van der Waals surface area contributed by atoms with Crippen molar-refractivity contribution in [1.82, 2.24) is 0 Å². The first kappa shape index (κ1) is 15.4. The Balaban J connectivity index is 2.28. The van der Waals surface area contributed by atoms with Crippen LogP contribution in [0.2, 0.25) is 5.02 Å². The van der Waals surface area contributed by atoms with Crippen LogP contribution in [-0.2, 0) is 6.42 Å². The van der Waals surface area contributed by atoms with Crippen LogP contribution in [0.5, 0.6) is 0 Å². The third-order valence-electron chi connectivity index (χ3n) is 3.07. The highest BCUT2D eigenvalue weighted by molar-refractivity contribution is 9.10. The summed E-state index contributed by atoms with van der Waals surface area (Å²) in [4.78, 5) is 0. The van der Waals surface area contributed by atoms with Gasteiger partial charge in [0.1, 0.15) is 11.6 Å². The quantitative estimate of drug-likeness (QED) is 0.819. The molecule has 2 aromatic rings. The van der Waals surface area contributed by atoms with Gasteiger partial charge in [-0.2, -0.15) is 0 Å². The first-order valence-corrected chi connectivity index (χ1v) is 7.13. The second kappa shape index (κ2) is 6.20. The van der Waals surface area contributed by atoms with Gasteiger partial charge in [0.2, 0.25) is 0 Å². The number of aliphatic hydroxyl groups excluding tert-OH is 1. The molecule has 5 heteroatoms. The molecule has 0 spiro atoms. The van der Waals surface area contributed by atoms with Crippen molar-refractivity contribution in [2.24, 2.45) is 0 Å². The minimum absolute atomic E-state index is 0.0721. The highest BCUT2D eigenvalue weighted by atomic mass is 79.9. The molecule has 2 aromatic carbocycles. The van der Waals surface area contributed by atoms with E-state index in [1.54, 1.807) is 18.2 Å². The van der Waals surface area contributed by atoms with E-state index in [1.807, 2.05) is 0 Å². The highest BCUT2D eigenvalue weighted by Gasteiger charge is 2.17. The maximum absolute atomic E-state index is 13.7. The molecule has 1 atom stereocenters. The minimum Gasteiger partial charge on any atom is -0.388 e. The average Bonchev–Trinajstić information content (AvgIpc) is 2.37. The molecule has 106 valence electrons. The molecule has 2 rings (SSSR count). The van der Waals surface area contributed by atoms with Crippen LogP contribution in [0.3, 0.4) is 0 Å². The molecule has 0 bridgehead atoms. The fraction of sp³-hybridized carbons (Fsp3) is 0.200. The van der Waals surface area contributed by atoms with Crippen LogP contribution in [-0.4, -0.2) is 5.11 Å². The Kier molecular flexibility index (Phi) is 4.78. The van der Waals surface area contributed by atoms with Crippen molar-refractivity contribution in [2.75, 3.05) is 0 Å². The summed E-state index contributed by atoms with van der Waals surface area (Å²) in [5.74, 6) is -1.38. The molecule has 1 N–H and O–H groups in total. The van der Waals surface area contributed by atoms with Gasteiger partial charge < -0.3 is 5.11 Å². The van der Waals surface area contributed by atoms with Crippen LogP contribution in [0.1, 0.15) is 22.8 Å². The SMILES string of the molecule is Cc1cc(C(O)Cc2ccc(Br)cc2Cl)c(F)cc1F.